The molecule has 0 amide bonds. The van der Waals surface area contributed by atoms with E-state index < -0.39 is 10.0 Å². The molecule has 2 atom stereocenters. The van der Waals surface area contributed by atoms with Crippen LogP contribution in [0.5, 0.6) is 0 Å². The van der Waals surface area contributed by atoms with Crippen molar-refractivity contribution in [3.8, 4) is 0 Å². The lowest BCUT2D eigenvalue weighted by atomic mass is 10.0. The molecule has 0 spiro atoms. The van der Waals surface area contributed by atoms with Crippen molar-refractivity contribution < 1.29 is 8.42 Å². The Labute approximate surface area is 123 Å². The van der Waals surface area contributed by atoms with Gasteiger partial charge in [0.2, 0.25) is 10.0 Å². The highest BCUT2D eigenvalue weighted by Crippen LogP contribution is 2.17. The van der Waals surface area contributed by atoms with Crippen molar-refractivity contribution in [2.75, 3.05) is 39.0 Å². The minimum atomic E-state index is -3.08. The fourth-order valence-corrected chi connectivity index (χ4v) is 4.80. The predicted molar refractivity (Wildman–Crippen MR) is 82.3 cm³/mol. The molecule has 2 fully saturated rings. The average molecular weight is 303 g/mol. The highest BCUT2D eigenvalue weighted by Gasteiger charge is 2.31. The molecule has 2 saturated heterocycles. The summed E-state index contributed by atoms with van der Waals surface area (Å²) in [4.78, 5) is 2.27. The molecule has 2 aliphatic rings. The Balaban J connectivity index is 1.86. The van der Waals surface area contributed by atoms with Crippen molar-refractivity contribution >= 4 is 10.0 Å². The summed E-state index contributed by atoms with van der Waals surface area (Å²) in [5, 5.41) is 3.43. The Morgan fingerprint density at radius 2 is 2.05 bits per heavy atom. The van der Waals surface area contributed by atoms with Crippen molar-refractivity contribution in [1.29, 1.82) is 0 Å². The second kappa shape index (κ2) is 7.20. The van der Waals surface area contributed by atoms with Crippen LogP contribution in [0.3, 0.4) is 0 Å². The topological polar surface area (TPSA) is 52.7 Å². The number of sulfonamides is 1. The molecule has 2 heterocycles. The Morgan fingerprint density at radius 3 is 2.70 bits per heavy atom. The lowest BCUT2D eigenvalue weighted by Crippen LogP contribution is -2.53. The maximum absolute atomic E-state index is 12.5. The molecule has 0 saturated carbocycles. The normalized spacial score (nSPS) is 30.5. The molecule has 20 heavy (non-hydrogen) atoms. The summed E-state index contributed by atoms with van der Waals surface area (Å²) in [6.45, 7) is 5.32. The molecular formula is C14H29N3O2S. The quantitative estimate of drug-likeness (QED) is 0.819. The number of likely N-dealkylation sites (N-methyl/N-ethyl adjacent to an activating group) is 1. The van der Waals surface area contributed by atoms with Crippen LogP contribution in [-0.4, -0.2) is 68.7 Å². The van der Waals surface area contributed by atoms with Crippen molar-refractivity contribution in [2.45, 2.75) is 51.1 Å². The molecule has 0 radical (unpaired) electrons. The van der Waals surface area contributed by atoms with Gasteiger partial charge in [-0.2, -0.15) is 4.31 Å². The van der Waals surface area contributed by atoms with E-state index in [0.29, 0.717) is 30.9 Å². The van der Waals surface area contributed by atoms with Gasteiger partial charge in [0.15, 0.2) is 0 Å². The van der Waals surface area contributed by atoms with E-state index in [1.807, 2.05) is 0 Å². The average Bonchev–Trinajstić information content (AvgIpc) is 2.46. The van der Waals surface area contributed by atoms with E-state index in [4.69, 9.17) is 0 Å². The van der Waals surface area contributed by atoms with Gasteiger partial charge in [-0.05, 0) is 39.3 Å². The predicted octanol–water partition coefficient (Wildman–Crippen LogP) is 0.874. The summed E-state index contributed by atoms with van der Waals surface area (Å²) in [7, 11) is -0.995. The van der Waals surface area contributed by atoms with Crippen LogP contribution < -0.4 is 5.32 Å². The first-order valence-electron chi connectivity index (χ1n) is 7.94. The van der Waals surface area contributed by atoms with Gasteiger partial charge in [-0.1, -0.05) is 13.3 Å². The highest BCUT2D eigenvalue weighted by molar-refractivity contribution is 7.89. The van der Waals surface area contributed by atoms with Gasteiger partial charge in [0.1, 0.15) is 0 Å². The molecule has 6 heteroatoms. The van der Waals surface area contributed by atoms with Crippen molar-refractivity contribution in [3.05, 3.63) is 0 Å². The maximum atomic E-state index is 12.5. The third-order valence-electron chi connectivity index (χ3n) is 4.74. The van der Waals surface area contributed by atoms with Crippen LogP contribution in [0, 0.1) is 0 Å². The van der Waals surface area contributed by atoms with Gasteiger partial charge < -0.3 is 10.2 Å². The summed E-state index contributed by atoms with van der Waals surface area (Å²) >= 11 is 0. The summed E-state index contributed by atoms with van der Waals surface area (Å²) in [5.74, 6) is 0.296. The van der Waals surface area contributed by atoms with Gasteiger partial charge in [0.25, 0.3) is 0 Å². The van der Waals surface area contributed by atoms with Gasteiger partial charge in [-0.3, -0.25) is 0 Å². The zero-order valence-electron chi connectivity index (χ0n) is 12.8. The number of nitrogens with zero attached hydrogens (tertiary/aromatic N) is 2. The van der Waals surface area contributed by atoms with Crippen LogP contribution in [-0.2, 0) is 10.0 Å². The van der Waals surface area contributed by atoms with Crippen LogP contribution in [0.4, 0.5) is 0 Å². The summed E-state index contributed by atoms with van der Waals surface area (Å²) < 4.78 is 26.7. The van der Waals surface area contributed by atoms with E-state index in [-0.39, 0.29) is 0 Å². The van der Waals surface area contributed by atoms with E-state index in [9.17, 15) is 8.42 Å². The van der Waals surface area contributed by atoms with Crippen LogP contribution in [0.2, 0.25) is 0 Å². The third kappa shape index (κ3) is 4.16. The van der Waals surface area contributed by atoms with Gasteiger partial charge in [0.05, 0.1) is 5.75 Å². The lowest BCUT2D eigenvalue weighted by Gasteiger charge is -2.38. The number of hydrogen-bond donors (Lipinski definition) is 1. The molecule has 0 aliphatic carbocycles. The first-order valence-corrected chi connectivity index (χ1v) is 9.55. The second-order valence-corrected chi connectivity index (χ2v) is 8.24. The third-order valence-corrected chi connectivity index (χ3v) is 6.61. The SMILES string of the molecule is CCC1CN(S(=O)(=O)CCC2CCCCN2)CCN1C. The van der Waals surface area contributed by atoms with E-state index in [1.165, 1.54) is 12.8 Å². The molecule has 2 unspecified atom stereocenters. The number of nitrogens with one attached hydrogen (secondary N) is 1. The molecule has 2 rings (SSSR count). The first kappa shape index (κ1) is 16.2. The largest absolute Gasteiger partial charge is 0.314 e. The van der Waals surface area contributed by atoms with E-state index in [2.05, 4.69) is 24.2 Å². The summed E-state index contributed by atoms with van der Waals surface area (Å²) in [6.07, 6.45) is 5.33. The number of piperazine rings is 1. The molecule has 0 aromatic rings. The Bertz CT molecular complexity index is 393. The van der Waals surface area contributed by atoms with Crippen LogP contribution in [0.15, 0.2) is 0 Å². The van der Waals surface area contributed by atoms with E-state index in [0.717, 1.165) is 32.4 Å². The van der Waals surface area contributed by atoms with E-state index >= 15 is 0 Å². The molecule has 5 nitrogen and oxygen atoms in total. The molecule has 0 aromatic heterocycles. The van der Waals surface area contributed by atoms with Crippen molar-refractivity contribution in [2.24, 2.45) is 0 Å². The molecule has 2 aliphatic heterocycles. The maximum Gasteiger partial charge on any atom is 0.214 e. The number of hydrogen-bond acceptors (Lipinski definition) is 4. The monoisotopic (exact) mass is 303 g/mol. The summed E-state index contributed by atoms with van der Waals surface area (Å²) in [5.41, 5.74) is 0. The zero-order valence-corrected chi connectivity index (χ0v) is 13.7. The Hall–Kier alpha value is -0.170. The van der Waals surface area contributed by atoms with Crippen molar-refractivity contribution in [3.63, 3.8) is 0 Å². The molecule has 0 bridgehead atoms. The first-order chi connectivity index (χ1) is 9.53. The van der Waals surface area contributed by atoms with Gasteiger partial charge in [0, 0.05) is 31.7 Å². The molecule has 118 valence electrons. The van der Waals surface area contributed by atoms with Crippen LogP contribution >= 0.6 is 0 Å². The number of piperidine rings is 1. The second-order valence-electron chi connectivity index (χ2n) is 6.15. The van der Waals surface area contributed by atoms with Gasteiger partial charge >= 0.3 is 0 Å². The lowest BCUT2D eigenvalue weighted by molar-refractivity contribution is 0.144. The summed E-state index contributed by atoms with van der Waals surface area (Å²) in [6, 6.07) is 0.763. The standard InChI is InChI=1S/C14H29N3O2S/c1-3-14-12-17(10-9-16(14)2)20(18,19)11-7-13-6-4-5-8-15-13/h13-15H,3-12H2,1-2H3. The Kier molecular flexibility index (Phi) is 5.84. The van der Waals surface area contributed by atoms with Crippen LogP contribution in [0.1, 0.15) is 39.0 Å². The molecular weight excluding hydrogens is 274 g/mol. The van der Waals surface area contributed by atoms with Gasteiger partial charge in [-0.25, -0.2) is 8.42 Å². The van der Waals surface area contributed by atoms with Gasteiger partial charge in [-0.15, -0.1) is 0 Å². The molecule has 0 aromatic carbocycles. The van der Waals surface area contributed by atoms with E-state index in [1.54, 1.807) is 4.31 Å². The fraction of sp³-hybridized carbons (Fsp3) is 1.00. The molecule has 1 N–H and O–H groups in total. The fourth-order valence-electron chi connectivity index (χ4n) is 3.20. The minimum Gasteiger partial charge on any atom is -0.314 e. The van der Waals surface area contributed by atoms with Crippen LogP contribution in [0.25, 0.3) is 0 Å². The highest BCUT2D eigenvalue weighted by atomic mass is 32.2. The smallest absolute Gasteiger partial charge is 0.214 e. The number of rotatable bonds is 5. The zero-order chi connectivity index (χ0) is 14.6. The minimum absolute atomic E-state index is 0.296. The van der Waals surface area contributed by atoms with Crippen molar-refractivity contribution in [1.82, 2.24) is 14.5 Å². The Morgan fingerprint density at radius 1 is 1.25 bits per heavy atom.